The van der Waals surface area contributed by atoms with Crippen LogP contribution in [0.3, 0.4) is 0 Å². The predicted octanol–water partition coefficient (Wildman–Crippen LogP) is -1.35. The van der Waals surface area contributed by atoms with E-state index in [0.717, 1.165) is 0 Å². The number of aromatic nitrogens is 2. The number of carboxylic acid groups (broad SMARTS) is 3. The highest BCUT2D eigenvalue weighted by atomic mass is 16.5. The third-order valence-corrected chi connectivity index (χ3v) is 6.94. The molecule has 0 aliphatic heterocycles. The van der Waals surface area contributed by atoms with E-state index in [2.05, 4.69) is 9.97 Å². The van der Waals surface area contributed by atoms with Crippen molar-refractivity contribution < 1.29 is 53.6 Å². The number of ether oxygens (including phenoxy) is 1. The van der Waals surface area contributed by atoms with Crippen molar-refractivity contribution in [2.24, 2.45) is 29.0 Å². The van der Waals surface area contributed by atoms with Crippen LogP contribution in [-0.4, -0.2) is 95.3 Å². The molecule has 45 heavy (non-hydrogen) atoms. The van der Waals surface area contributed by atoms with E-state index in [-0.39, 0.29) is 10.6 Å². The number of carbonyl (C=O) groups excluding carboxylic acids is 4. The van der Waals surface area contributed by atoms with Crippen molar-refractivity contribution in [2.45, 2.75) is 63.4 Å². The molecule has 0 fully saturated rings. The molecule has 10 N–H and O–H groups in total. The van der Waals surface area contributed by atoms with Crippen LogP contribution in [0.5, 0.6) is 0 Å². The van der Waals surface area contributed by atoms with Crippen LogP contribution in [0.15, 0.2) is 42.9 Å². The van der Waals surface area contributed by atoms with Gasteiger partial charge in [-0.25, -0.2) is 9.78 Å². The van der Waals surface area contributed by atoms with Gasteiger partial charge in [0.05, 0.1) is 24.5 Å². The van der Waals surface area contributed by atoms with Crippen molar-refractivity contribution >= 4 is 41.5 Å². The van der Waals surface area contributed by atoms with Crippen LogP contribution in [0.2, 0.25) is 0 Å². The zero-order valence-corrected chi connectivity index (χ0v) is 24.5. The number of nitrogens with zero attached hydrogens (tertiary/aromatic N) is 2. The van der Waals surface area contributed by atoms with Crippen molar-refractivity contribution in [3.8, 4) is 0 Å². The molecule has 17 heteroatoms. The van der Waals surface area contributed by atoms with Crippen LogP contribution in [-0.2, 0) is 51.3 Å². The molecule has 0 saturated carbocycles. The molecule has 2 rings (SSSR count). The van der Waals surface area contributed by atoms with E-state index in [1.807, 2.05) is 0 Å². The average Bonchev–Trinajstić information content (AvgIpc) is 3.50. The number of carbonyl (C=O) groups is 7. The Bertz CT molecular complexity index is 1400. The summed E-state index contributed by atoms with van der Waals surface area (Å²) in [5.74, 6) is -16.9. The second kappa shape index (κ2) is 15.6. The van der Waals surface area contributed by atoms with E-state index in [1.54, 1.807) is 18.2 Å². The third kappa shape index (κ3) is 8.34. The number of imide groups is 1. The van der Waals surface area contributed by atoms with E-state index in [9.17, 15) is 43.8 Å². The summed E-state index contributed by atoms with van der Waals surface area (Å²) in [5, 5.41) is 30.1. The fourth-order valence-corrected chi connectivity index (χ4v) is 4.44. The van der Waals surface area contributed by atoms with Gasteiger partial charge >= 0.3 is 23.9 Å². The second-order valence-electron chi connectivity index (χ2n) is 10.5. The van der Waals surface area contributed by atoms with Crippen LogP contribution < -0.4 is 17.2 Å². The molecule has 1 aromatic heterocycles. The summed E-state index contributed by atoms with van der Waals surface area (Å²) in [4.78, 5) is 99.0. The summed E-state index contributed by atoms with van der Waals surface area (Å²) < 4.78 is 5.11. The van der Waals surface area contributed by atoms with Gasteiger partial charge in [0.2, 0.25) is 17.4 Å². The van der Waals surface area contributed by atoms with Gasteiger partial charge in [-0.05, 0) is 17.9 Å². The number of hydrogen-bond donors (Lipinski definition) is 7. The maximum atomic E-state index is 14.1. The average molecular weight is 633 g/mol. The van der Waals surface area contributed by atoms with E-state index < -0.39 is 103 Å². The first-order valence-electron chi connectivity index (χ1n) is 13.6. The van der Waals surface area contributed by atoms with Gasteiger partial charge in [0.15, 0.2) is 11.7 Å². The number of aromatic amines is 1. The number of nitrogens with one attached hydrogen (secondary N) is 1. The number of nitrogens with two attached hydrogens (primary N) is 3. The van der Waals surface area contributed by atoms with Crippen molar-refractivity contribution in [1.29, 1.82) is 0 Å². The smallest absolute Gasteiger partial charge is 0.339 e. The van der Waals surface area contributed by atoms with Crippen LogP contribution in [0.4, 0.5) is 0 Å². The number of H-pyrrole nitrogens is 1. The first kappa shape index (κ1) is 36.2. The lowest BCUT2D eigenvalue weighted by Crippen LogP contribution is -2.76. The lowest BCUT2D eigenvalue weighted by atomic mass is 9.73. The second-order valence-corrected chi connectivity index (χ2v) is 10.5. The Morgan fingerprint density at radius 2 is 1.56 bits per heavy atom. The molecule has 5 atom stereocenters. The van der Waals surface area contributed by atoms with Gasteiger partial charge < -0.3 is 42.2 Å². The largest absolute Gasteiger partial charge is 0.481 e. The molecule has 0 aliphatic carbocycles. The van der Waals surface area contributed by atoms with Crippen molar-refractivity contribution in [1.82, 2.24) is 14.9 Å². The highest BCUT2D eigenvalue weighted by Crippen LogP contribution is 2.34. The first-order chi connectivity index (χ1) is 21.1. The van der Waals surface area contributed by atoms with Gasteiger partial charge in [0.1, 0.15) is 6.61 Å². The minimum absolute atomic E-state index is 0.224. The SMILES string of the molecule is CC(C)C(N)C(=O)C(C(=O)O)(C(C(=O)O)C(=O)OCc1ccccc1)N(C(=O)C(N)CCC(=O)O)C(=O)C(N)Cc1cnc[nH]1. The number of imidazole rings is 1. The number of hydrogen-bond acceptors (Lipinski definition) is 12. The van der Waals surface area contributed by atoms with Gasteiger partial charge in [-0.1, -0.05) is 44.2 Å². The zero-order valence-electron chi connectivity index (χ0n) is 24.5. The Kier molecular flexibility index (Phi) is 12.6. The number of esters is 1. The van der Waals surface area contributed by atoms with E-state index >= 15 is 0 Å². The summed E-state index contributed by atoms with van der Waals surface area (Å²) in [6.07, 6.45) is 0.639. The molecule has 5 unspecified atom stereocenters. The summed E-state index contributed by atoms with van der Waals surface area (Å²) in [5.41, 5.74) is 14.7. The van der Waals surface area contributed by atoms with Gasteiger partial charge in [0.25, 0.3) is 0 Å². The molecule has 0 spiro atoms. The molecular weight excluding hydrogens is 596 g/mol. The lowest BCUT2D eigenvalue weighted by molar-refractivity contribution is -0.187. The lowest BCUT2D eigenvalue weighted by Gasteiger charge is -2.43. The number of amides is 2. The highest BCUT2D eigenvalue weighted by molar-refractivity contribution is 6.23. The molecule has 2 amide bonds. The van der Waals surface area contributed by atoms with Gasteiger partial charge in [-0.15, -0.1) is 0 Å². The monoisotopic (exact) mass is 632 g/mol. The molecule has 0 radical (unpaired) electrons. The molecule has 1 heterocycles. The predicted molar refractivity (Wildman–Crippen MR) is 153 cm³/mol. The number of aliphatic carboxylic acids is 3. The molecular formula is C28H36N6O11. The van der Waals surface area contributed by atoms with E-state index in [1.165, 1.54) is 38.5 Å². The maximum absolute atomic E-state index is 14.1. The molecule has 1 aromatic carbocycles. The number of rotatable bonds is 17. The molecule has 0 aliphatic rings. The number of carboxylic acids is 3. The van der Waals surface area contributed by atoms with Crippen LogP contribution in [0.25, 0.3) is 0 Å². The normalized spacial score (nSPS) is 15.2. The topological polar surface area (TPSA) is 299 Å². The Balaban J connectivity index is 2.88. The van der Waals surface area contributed by atoms with Crippen molar-refractivity contribution in [3.05, 3.63) is 54.1 Å². The molecule has 2 aromatic rings. The Morgan fingerprint density at radius 3 is 2.04 bits per heavy atom. The summed E-state index contributed by atoms with van der Waals surface area (Å²) in [7, 11) is 0. The van der Waals surface area contributed by atoms with Crippen molar-refractivity contribution in [3.63, 3.8) is 0 Å². The quantitative estimate of drug-likeness (QED) is 0.0783. The Morgan fingerprint density at radius 1 is 0.956 bits per heavy atom. The van der Waals surface area contributed by atoms with Gasteiger partial charge in [0, 0.05) is 24.7 Å². The Hall–Kier alpha value is -5.00. The van der Waals surface area contributed by atoms with Gasteiger partial charge in [-0.3, -0.25) is 33.7 Å². The molecule has 0 saturated heterocycles. The third-order valence-electron chi connectivity index (χ3n) is 6.94. The van der Waals surface area contributed by atoms with Crippen LogP contribution in [0, 0.1) is 11.8 Å². The van der Waals surface area contributed by atoms with E-state index in [4.69, 9.17) is 27.0 Å². The minimum atomic E-state index is -3.89. The summed E-state index contributed by atoms with van der Waals surface area (Å²) in [6.45, 7) is 2.16. The van der Waals surface area contributed by atoms with Crippen LogP contribution in [0.1, 0.15) is 37.9 Å². The van der Waals surface area contributed by atoms with E-state index in [0.29, 0.717) is 5.56 Å². The van der Waals surface area contributed by atoms with Gasteiger partial charge in [-0.2, -0.15) is 0 Å². The summed E-state index contributed by atoms with van der Waals surface area (Å²) in [6, 6.07) is 2.13. The number of ketones is 1. The van der Waals surface area contributed by atoms with Crippen molar-refractivity contribution in [2.75, 3.05) is 0 Å². The maximum Gasteiger partial charge on any atom is 0.339 e. The first-order valence-corrected chi connectivity index (χ1v) is 13.6. The highest BCUT2D eigenvalue weighted by Gasteiger charge is 2.68. The standard InChI is InChI=1S/C28H36N6O11/c1-14(2)21(31)22(37)28(27(43)44,20(25(40)41)26(42)45-12-15-6-4-3-5-7-15)34(23(38)17(29)8-9-19(35)36)24(39)18(30)10-16-11-32-13-33-16/h3-7,11,13-14,17-18,20-21H,8-10,12,29-31H2,1-2H3,(H,32,33)(H,35,36)(H,40,41)(H,43,44). The zero-order chi connectivity index (χ0) is 34.1. The molecule has 244 valence electrons. The minimum Gasteiger partial charge on any atom is -0.481 e. The Labute approximate surface area is 256 Å². The summed E-state index contributed by atoms with van der Waals surface area (Å²) >= 11 is 0. The number of Topliss-reactive ketones (excluding diaryl/α,β-unsaturated/α-hetero) is 1. The fourth-order valence-electron chi connectivity index (χ4n) is 4.44. The van der Waals surface area contributed by atoms with Crippen LogP contribution >= 0.6 is 0 Å². The fraction of sp³-hybridized carbons (Fsp3) is 0.429. The molecule has 0 bridgehead atoms. The number of benzene rings is 1. The molecule has 17 nitrogen and oxygen atoms in total.